The Kier molecular flexibility index (Phi) is 6.23. The molecular formula is C15H32N3O2+. The van der Waals surface area contributed by atoms with E-state index in [-0.39, 0.29) is 13.2 Å². The van der Waals surface area contributed by atoms with Gasteiger partial charge in [-0.3, -0.25) is 4.90 Å². The number of nitrogens with zero attached hydrogens (tertiary/aromatic N) is 2. The number of aliphatic hydroxyl groups excluding tert-OH is 2. The Bertz CT molecular complexity index is 268. The summed E-state index contributed by atoms with van der Waals surface area (Å²) in [5, 5.41) is 21.8. The Morgan fingerprint density at radius 2 is 1.55 bits per heavy atom. The molecule has 20 heavy (non-hydrogen) atoms. The quantitative estimate of drug-likeness (QED) is 0.584. The Morgan fingerprint density at radius 3 is 2.05 bits per heavy atom. The molecule has 0 atom stereocenters. The van der Waals surface area contributed by atoms with Gasteiger partial charge in [-0.15, -0.1) is 0 Å². The van der Waals surface area contributed by atoms with E-state index in [1.54, 1.807) is 0 Å². The van der Waals surface area contributed by atoms with Crippen molar-refractivity contribution in [1.82, 2.24) is 10.2 Å². The van der Waals surface area contributed by atoms with Crippen molar-refractivity contribution in [1.29, 1.82) is 0 Å². The number of rotatable bonds is 6. The molecule has 2 aliphatic heterocycles. The van der Waals surface area contributed by atoms with E-state index in [0.717, 1.165) is 6.04 Å². The average Bonchev–Trinajstić information content (AvgIpc) is 2.49. The Morgan fingerprint density at radius 1 is 1.00 bits per heavy atom. The monoisotopic (exact) mass is 286 g/mol. The van der Waals surface area contributed by atoms with E-state index in [9.17, 15) is 0 Å². The zero-order valence-electron chi connectivity index (χ0n) is 12.9. The van der Waals surface area contributed by atoms with Gasteiger partial charge in [-0.25, -0.2) is 0 Å². The van der Waals surface area contributed by atoms with Crippen molar-refractivity contribution in [2.24, 2.45) is 0 Å². The molecule has 2 rings (SSSR count). The maximum absolute atomic E-state index is 9.17. The normalized spacial score (nSPS) is 32.7. The Hall–Kier alpha value is -0.200. The first-order chi connectivity index (χ1) is 9.69. The second-order valence-electron chi connectivity index (χ2n) is 6.62. The maximum Gasteiger partial charge on any atom is 0.0912 e. The van der Waals surface area contributed by atoms with Crippen LogP contribution in [0.5, 0.6) is 0 Å². The molecule has 0 unspecified atom stereocenters. The Balaban J connectivity index is 1.86. The molecular weight excluding hydrogens is 254 g/mol. The van der Waals surface area contributed by atoms with Crippen LogP contribution in [-0.4, -0.2) is 91.2 Å². The van der Waals surface area contributed by atoms with Crippen molar-refractivity contribution in [3.8, 4) is 0 Å². The summed E-state index contributed by atoms with van der Waals surface area (Å²) in [5.41, 5.74) is 0. The highest BCUT2D eigenvalue weighted by molar-refractivity contribution is 4.78. The number of hydrogen-bond donors (Lipinski definition) is 3. The number of piperidine rings is 2. The summed E-state index contributed by atoms with van der Waals surface area (Å²) >= 11 is 0. The van der Waals surface area contributed by atoms with E-state index in [4.69, 9.17) is 10.2 Å². The highest BCUT2D eigenvalue weighted by atomic mass is 16.3. The molecule has 0 bridgehead atoms. The van der Waals surface area contributed by atoms with Crippen molar-refractivity contribution in [2.45, 2.75) is 37.8 Å². The lowest BCUT2D eigenvalue weighted by Crippen LogP contribution is -2.61. The summed E-state index contributed by atoms with van der Waals surface area (Å²) < 4.78 is 1.23. The van der Waals surface area contributed by atoms with Gasteiger partial charge in [0, 0.05) is 57.9 Å². The van der Waals surface area contributed by atoms with Gasteiger partial charge >= 0.3 is 0 Å². The zero-order chi connectivity index (χ0) is 14.4. The predicted molar refractivity (Wildman–Crippen MR) is 80.6 cm³/mol. The highest BCUT2D eigenvalue weighted by Crippen LogP contribution is 2.27. The summed E-state index contributed by atoms with van der Waals surface area (Å²) in [7, 11) is 2.43. The minimum absolute atomic E-state index is 0.191. The van der Waals surface area contributed by atoms with Crippen LogP contribution in [0.3, 0.4) is 0 Å². The van der Waals surface area contributed by atoms with Crippen LogP contribution in [0, 0.1) is 0 Å². The number of hydrogen-bond acceptors (Lipinski definition) is 4. The largest absolute Gasteiger partial charge is 0.395 e. The number of quaternary nitrogens is 1. The molecule has 0 aliphatic carbocycles. The van der Waals surface area contributed by atoms with E-state index in [1.165, 1.54) is 56.3 Å². The molecule has 5 nitrogen and oxygen atoms in total. The summed E-state index contributed by atoms with van der Waals surface area (Å²) in [6.07, 6.45) is 5.00. The third-order valence-corrected chi connectivity index (χ3v) is 5.43. The van der Waals surface area contributed by atoms with Crippen LogP contribution in [0.4, 0.5) is 0 Å². The molecule has 0 saturated carbocycles. The molecule has 0 aromatic carbocycles. The fourth-order valence-corrected chi connectivity index (χ4v) is 4.04. The van der Waals surface area contributed by atoms with Crippen molar-refractivity contribution >= 4 is 0 Å². The lowest BCUT2D eigenvalue weighted by molar-refractivity contribution is -0.939. The van der Waals surface area contributed by atoms with Gasteiger partial charge < -0.3 is 20.0 Å². The molecule has 0 spiro atoms. The van der Waals surface area contributed by atoms with E-state index >= 15 is 0 Å². The van der Waals surface area contributed by atoms with Crippen LogP contribution >= 0.6 is 0 Å². The van der Waals surface area contributed by atoms with Crippen LogP contribution in [0.2, 0.25) is 0 Å². The van der Waals surface area contributed by atoms with Gasteiger partial charge in [0.15, 0.2) is 0 Å². The van der Waals surface area contributed by atoms with Crippen LogP contribution in [0.15, 0.2) is 0 Å². The fraction of sp³-hybridized carbons (Fsp3) is 1.00. The fourth-order valence-electron chi connectivity index (χ4n) is 4.04. The van der Waals surface area contributed by atoms with E-state index in [2.05, 4.69) is 17.3 Å². The molecule has 2 heterocycles. The molecule has 118 valence electrons. The lowest BCUT2D eigenvalue weighted by Gasteiger charge is -2.49. The minimum atomic E-state index is 0.191. The lowest BCUT2D eigenvalue weighted by atomic mass is 9.94. The van der Waals surface area contributed by atoms with Crippen LogP contribution in [-0.2, 0) is 0 Å². The molecule has 5 heteroatoms. The first kappa shape index (κ1) is 16.2. The molecule has 2 aliphatic rings. The van der Waals surface area contributed by atoms with E-state index < -0.39 is 0 Å². The van der Waals surface area contributed by atoms with Crippen LogP contribution in [0.25, 0.3) is 0 Å². The van der Waals surface area contributed by atoms with Crippen molar-refractivity contribution in [2.75, 3.05) is 59.5 Å². The molecule has 0 aromatic heterocycles. The third kappa shape index (κ3) is 3.92. The minimum Gasteiger partial charge on any atom is -0.395 e. The smallest absolute Gasteiger partial charge is 0.0912 e. The summed E-state index contributed by atoms with van der Waals surface area (Å²) in [5.74, 6) is 0. The zero-order valence-corrected chi connectivity index (χ0v) is 12.9. The molecule has 0 radical (unpaired) electrons. The third-order valence-electron chi connectivity index (χ3n) is 5.43. The van der Waals surface area contributed by atoms with Crippen LogP contribution in [0.1, 0.15) is 25.7 Å². The van der Waals surface area contributed by atoms with Crippen molar-refractivity contribution in [3.63, 3.8) is 0 Å². The van der Waals surface area contributed by atoms with Gasteiger partial charge in [0.05, 0.1) is 39.4 Å². The summed E-state index contributed by atoms with van der Waals surface area (Å²) in [6.45, 7) is 6.59. The summed E-state index contributed by atoms with van der Waals surface area (Å²) in [4.78, 5) is 2.27. The first-order valence-corrected chi connectivity index (χ1v) is 8.20. The van der Waals surface area contributed by atoms with Gasteiger partial charge in [0.1, 0.15) is 0 Å². The first-order valence-electron chi connectivity index (χ1n) is 8.20. The van der Waals surface area contributed by atoms with E-state index in [1.807, 2.05) is 0 Å². The number of likely N-dealkylation sites (tertiary alicyclic amines) is 1. The van der Waals surface area contributed by atoms with Gasteiger partial charge in [0.25, 0.3) is 0 Å². The molecule has 2 fully saturated rings. The van der Waals surface area contributed by atoms with Gasteiger partial charge in [-0.05, 0) is 0 Å². The number of aliphatic hydroxyl groups is 2. The average molecular weight is 286 g/mol. The maximum atomic E-state index is 9.17. The van der Waals surface area contributed by atoms with E-state index in [0.29, 0.717) is 19.1 Å². The predicted octanol–water partition coefficient (Wildman–Crippen LogP) is -0.366. The number of nitrogens with one attached hydrogen (secondary N) is 1. The molecule has 3 N–H and O–H groups in total. The van der Waals surface area contributed by atoms with Crippen LogP contribution < -0.4 is 5.32 Å². The van der Waals surface area contributed by atoms with Gasteiger partial charge in [-0.2, -0.15) is 0 Å². The van der Waals surface area contributed by atoms with Gasteiger partial charge in [-0.1, -0.05) is 0 Å². The second-order valence-corrected chi connectivity index (χ2v) is 6.62. The molecule has 0 amide bonds. The SMILES string of the molecule is C[N+]1(C2CCNCC2)CCC(N(CCO)CCO)CC1. The van der Waals surface area contributed by atoms with Crippen molar-refractivity contribution in [3.05, 3.63) is 0 Å². The topological polar surface area (TPSA) is 55.7 Å². The Labute approximate surface area is 123 Å². The van der Waals surface area contributed by atoms with Gasteiger partial charge in [0.2, 0.25) is 0 Å². The molecule has 2 saturated heterocycles. The standard InChI is InChI=1S/C15H32N3O2/c1-18(15-2-6-16-7-3-15)10-4-14(5-11-18)17(8-12-19)9-13-20/h14-16,19-20H,2-13H2,1H3/q+1. The molecule has 0 aromatic rings. The van der Waals surface area contributed by atoms with Crippen molar-refractivity contribution < 1.29 is 14.7 Å². The summed E-state index contributed by atoms with van der Waals surface area (Å²) in [6, 6.07) is 1.36. The highest BCUT2D eigenvalue weighted by Gasteiger charge is 2.38. The second kappa shape index (κ2) is 7.71.